The van der Waals surface area contributed by atoms with E-state index in [0.717, 1.165) is 25.9 Å². The molecule has 2 heterocycles. The van der Waals surface area contributed by atoms with Crippen LogP contribution in [0.3, 0.4) is 0 Å². The molecule has 1 aromatic carbocycles. The van der Waals surface area contributed by atoms with Gasteiger partial charge < -0.3 is 5.32 Å². The molecule has 0 spiro atoms. The summed E-state index contributed by atoms with van der Waals surface area (Å²) in [6, 6.07) is 6.11. The van der Waals surface area contributed by atoms with Crippen LogP contribution in [0.2, 0.25) is 0 Å². The van der Waals surface area contributed by atoms with Gasteiger partial charge in [-0.2, -0.15) is 0 Å². The van der Waals surface area contributed by atoms with Crippen LogP contribution in [0, 0.1) is 0 Å². The number of nitrogens with one attached hydrogen (secondary N) is 2. The summed E-state index contributed by atoms with van der Waals surface area (Å²) >= 11 is 1.49. The molecule has 0 bridgehead atoms. The smallest absolute Gasteiger partial charge is 0.257 e. The van der Waals surface area contributed by atoms with Gasteiger partial charge in [-0.3, -0.25) is 10.1 Å². The van der Waals surface area contributed by atoms with Crippen LogP contribution < -0.4 is 10.6 Å². The first kappa shape index (κ1) is 18.0. The molecule has 0 atom stereocenters. The fourth-order valence-electron chi connectivity index (χ4n) is 2.81. The Balaban J connectivity index is 1.72. The normalized spacial score (nSPS) is 15.9. The third-order valence-electron chi connectivity index (χ3n) is 4.32. The molecule has 1 saturated heterocycles. The maximum atomic E-state index is 12.4. The Morgan fingerprint density at radius 2 is 2.12 bits per heavy atom. The molecule has 0 unspecified atom stereocenters. The number of thiazole rings is 1. The van der Waals surface area contributed by atoms with Gasteiger partial charge in [0.1, 0.15) is 0 Å². The number of carbonyl (C=O) groups excluding carboxylic acids is 1. The molecule has 3 rings (SSSR count). The predicted octanol–water partition coefficient (Wildman–Crippen LogP) is 2.66. The van der Waals surface area contributed by atoms with Gasteiger partial charge in [0.2, 0.25) is 0 Å². The Morgan fingerprint density at radius 1 is 1.36 bits per heavy atom. The van der Waals surface area contributed by atoms with Crippen molar-refractivity contribution in [1.29, 1.82) is 0 Å². The molecular formula is C17H21N3O3S2. The monoisotopic (exact) mass is 379 g/mol. The van der Waals surface area contributed by atoms with Crippen LogP contribution in [-0.4, -0.2) is 38.2 Å². The summed E-state index contributed by atoms with van der Waals surface area (Å²) in [5, 5.41) is 6.65. The number of hydrogen-bond acceptors (Lipinski definition) is 6. The van der Waals surface area contributed by atoms with E-state index in [0.29, 0.717) is 16.6 Å². The molecule has 1 amide bonds. The van der Waals surface area contributed by atoms with Crippen molar-refractivity contribution >= 4 is 32.2 Å². The minimum absolute atomic E-state index is 0.00413. The van der Waals surface area contributed by atoms with Gasteiger partial charge in [0.15, 0.2) is 15.0 Å². The van der Waals surface area contributed by atoms with Gasteiger partial charge in [0.25, 0.3) is 5.91 Å². The maximum Gasteiger partial charge on any atom is 0.257 e. The van der Waals surface area contributed by atoms with Gasteiger partial charge in [-0.05, 0) is 50.0 Å². The minimum atomic E-state index is -3.34. The Morgan fingerprint density at radius 3 is 2.84 bits per heavy atom. The summed E-state index contributed by atoms with van der Waals surface area (Å²) in [6.07, 6.45) is 3.98. The minimum Gasteiger partial charge on any atom is -0.317 e. The number of amides is 1. The van der Waals surface area contributed by atoms with Crippen molar-refractivity contribution in [2.45, 2.75) is 30.6 Å². The highest BCUT2D eigenvalue weighted by molar-refractivity contribution is 7.91. The number of hydrogen-bond donors (Lipinski definition) is 2. The van der Waals surface area contributed by atoms with E-state index in [1.165, 1.54) is 28.3 Å². The maximum absolute atomic E-state index is 12.4. The van der Waals surface area contributed by atoms with Crippen molar-refractivity contribution in [1.82, 2.24) is 10.3 Å². The van der Waals surface area contributed by atoms with Crippen LogP contribution in [0.15, 0.2) is 35.4 Å². The predicted molar refractivity (Wildman–Crippen MR) is 99.1 cm³/mol. The standard InChI is InChI=1S/C17H21N3O3S2/c1-2-25(22,23)14-5-3-4-13(10-14)16(21)20-17-19-11-15(24-17)12-6-8-18-9-7-12/h3-5,10-12,18H,2,6-9H2,1H3,(H,19,20,21). The molecule has 2 aromatic rings. The van der Waals surface area contributed by atoms with Crippen molar-refractivity contribution in [2.75, 3.05) is 24.2 Å². The van der Waals surface area contributed by atoms with Gasteiger partial charge in [0.05, 0.1) is 10.6 Å². The van der Waals surface area contributed by atoms with Crippen LogP contribution in [-0.2, 0) is 9.84 Å². The molecule has 0 radical (unpaired) electrons. The van der Waals surface area contributed by atoms with Gasteiger partial charge in [-0.15, -0.1) is 11.3 Å². The van der Waals surface area contributed by atoms with Crippen molar-refractivity contribution in [2.24, 2.45) is 0 Å². The third-order valence-corrected chi connectivity index (χ3v) is 7.13. The number of piperidine rings is 1. The molecule has 0 saturated carbocycles. The first-order valence-electron chi connectivity index (χ1n) is 8.30. The Hall–Kier alpha value is -1.77. The summed E-state index contributed by atoms with van der Waals surface area (Å²) in [5.41, 5.74) is 0.313. The van der Waals surface area contributed by atoms with E-state index in [4.69, 9.17) is 0 Å². The number of nitrogens with zero attached hydrogens (tertiary/aromatic N) is 1. The van der Waals surface area contributed by atoms with Gasteiger partial charge >= 0.3 is 0 Å². The second kappa shape index (κ2) is 7.63. The summed E-state index contributed by atoms with van der Waals surface area (Å²) in [6.45, 7) is 3.59. The zero-order valence-electron chi connectivity index (χ0n) is 14.0. The molecule has 1 aromatic heterocycles. The lowest BCUT2D eigenvalue weighted by molar-refractivity contribution is 0.102. The summed E-state index contributed by atoms with van der Waals surface area (Å²) in [5.74, 6) is 0.145. The highest BCUT2D eigenvalue weighted by Crippen LogP contribution is 2.31. The molecule has 1 aliphatic rings. The fourth-order valence-corrected chi connectivity index (χ4v) is 4.71. The molecule has 6 nitrogen and oxygen atoms in total. The number of sulfone groups is 1. The fraction of sp³-hybridized carbons (Fsp3) is 0.412. The largest absolute Gasteiger partial charge is 0.317 e. The lowest BCUT2D eigenvalue weighted by Gasteiger charge is -2.20. The Bertz CT molecular complexity index is 856. The second-order valence-electron chi connectivity index (χ2n) is 5.98. The molecule has 8 heteroatoms. The van der Waals surface area contributed by atoms with Crippen LogP contribution in [0.25, 0.3) is 0 Å². The van der Waals surface area contributed by atoms with Crippen LogP contribution >= 0.6 is 11.3 Å². The summed E-state index contributed by atoms with van der Waals surface area (Å²) < 4.78 is 23.9. The zero-order valence-corrected chi connectivity index (χ0v) is 15.6. The summed E-state index contributed by atoms with van der Waals surface area (Å²) in [7, 11) is -3.34. The van der Waals surface area contributed by atoms with E-state index >= 15 is 0 Å². The van der Waals surface area contributed by atoms with Crippen molar-refractivity contribution in [3.8, 4) is 0 Å². The number of rotatable bonds is 5. The molecule has 25 heavy (non-hydrogen) atoms. The average Bonchev–Trinajstić information content (AvgIpc) is 3.11. The number of carbonyl (C=O) groups is 1. The second-order valence-corrected chi connectivity index (χ2v) is 9.32. The highest BCUT2D eigenvalue weighted by Gasteiger charge is 2.19. The van der Waals surface area contributed by atoms with Gasteiger partial charge in [-0.25, -0.2) is 13.4 Å². The van der Waals surface area contributed by atoms with E-state index in [1.807, 2.05) is 6.20 Å². The third kappa shape index (κ3) is 4.26. The summed E-state index contributed by atoms with van der Waals surface area (Å²) in [4.78, 5) is 18.1. The van der Waals surface area contributed by atoms with E-state index in [2.05, 4.69) is 15.6 Å². The van der Waals surface area contributed by atoms with Gasteiger partial charge in [0, 0.05) is 16.6 Å². The Kier molecular flexibility index (Phi) is 5.51. The zero-order chi connectivity index (χ0) is 17.9. The topological polar surface area (TPSA) is 88.2 Å². The number of benzene rings is 1. The van der Waals surface area contributed by atoms with E-state index < -0.39 is 9.84 Å². The highest BCUT2D eigenvalue weighted by atomic mass is 32.2. The van der Waals surface area contributed by atoms with Crippen LogP contribution in [0.5, 0.6) is 0 Å². The lowest BCUT2D eigenvalue weighted by Crippen LogP contribution is -2.26. The van der Waals surface area contributed by atoms with Crippen LogP contribution in [0.4, 0.5) is 5.13 Å². The molecule has 0 aliphatic carbocycles. The quantitative estimate of drug-likeness (QED) is 0.834. The van der Waals surface area contributed by atoms with Gasteiger partial charge in [-0.1, -0.05) is 13.0 Å². The van der Waals surface area contributed by atoms with E-state index in [9.17, 15) is 13.2 Å². The first-order valence-corrected chi connectivity index (χ1v) is 10.8. The molecule has 1 fully saturated rings. The average molecular weight is 380 g/mol. The van der Waals surface area contributed by atoms with E-state index in [1.54, 1.807) is 19.1 Å². The van der Waals surface area contributed by atoms with Crippen molar-refractivity contribution < 1.29 is 13.2 Å². The number of anilines is 1. The number of aromatic nitrogens is 1. The molecular weight excluding hydrogens is 358 g/mol. The Labute approximate surface area is 151 Å². The molecule has 134 valence electrons. The molecule has 2 N–H and O–H groups in total. The lowest BCUT2D eigenvalue weighted by atomic mass is 9.97. The molecule has 1 aliphatic heterocycles. The SMILES string of the molecule is CCS(=O)(=O)c1cccc(C(=O)Nc2ncc(C3CCNCC3)s2)c1. The van der Waals surface area contributed by atoms with Crippen LogP contribution in [0.1, 0.15) is 40.9 Å². The van der Waals surface area contributed by atoms with E-state index in [-0.39, 0.29) is 16.6 Å². The van der Waals surface area contributed by atoms with Crippen molar-refractivity contribution in [3.63, 3.8) is 0 Å². The first-order chi connectivity index (χ1) is 12.0. The van der Waals surface area contributed by atoms with Crippen molar-refractivity contribution in [3.05, 3.63) is 40.9 Å².